The molecule has 112 valence electrons. The van der Waals surface area contributed by atoms with Crippen LogP contribution >= 0.6 is 11.8 Å². The van der Waals surface area contributed by atoms with Crippen LogP contribution in [0.25, 0.3) is 5.69 Å². The first-order valence-corrected chi connectivity index (χ1v) is 8.66. The number of nitrogens with zero attached hydrogens (tertiary/aromatic N) is 3. The molecule has 0 bridgehead atoms. The van der Waals surface area contributed by atoms with Gasteiger partial charge in [0.1, 0.15) is 0 Å². The summed E-state index contributed by atoms with van der Waals surface area (Å²) in [6.07, 6.45) is 5.32. The van der Waals surface area contributed by atoms with Crippen molar-refractivity contribution in [3.05, 3.63) is 48.3 Å². The zero-order valence-electron chi connectivity index (χ0n) is 12.2. The summed E-state index contributed by atoms with van der Waals surface area (Å²) in [5.74, 6) is 2.46. The Bertz CT molecular complexity index is 546. The second-order valence-electron chi connectivity index (χ2n) is 5.31. The third-order valence-corrected chi connectivity index (χ3v) is 4.98. The first-order valence-electron chi connectivity index (χ1n) is 7.50. The zero-order valence-corrected chi connectivity index (χ0v) is 13.0. The summed E-state index contributed by atoms with van der Waals surface area (Å²) in [7, 11) is 0. The highest BCUT2D eigenvalue weighted by molar-refractivity contribution is 7.99. The van der Waals surface area contributed by atoms with Crippen LogP contribution in [-0.2, 0) is 0 Å². The van der Waals surface area contributed by atoms with Crippen molar-refractivity contribution in [3.8, 4) is 5.69 Å². The summed E-state index contributed by atoms with van der Waals surface area (Å²) >= 11 is 2.04. The summed E-state index contributed by atoms with van der Waals surface area (Å²) in [5.41, 5.74) is 8.35. The summed E-state index contributed by atoms with van der Waals surface area (Å²) < 4.78 is 1.94. The molecule has 0 aliphatic carbocycles. The largest absolute Gasteiger partial charge is 0.329 e. The molecule has 0 spiro atoms. The van der Waals surface area contributed by atoms with Crippen molar-refractivity contribution in [1.82, 2.24) is 14.7 Å². The average Bonchev–Trinajstić information content (AvgIpc) is 2.86. The van der Waals surface area contributed by atoms with Crippen molar-refractivity contribution >= 4 is 11.8 Å². The lowest BCUT2D eigenvalue weighted by atomic mass is 10.1. The number of thioether (sulfide) groups is 1. The number of benzene rings is 1. The monoisotopic (exact) mass is 302 g/mol. The maximum atomic E-state index is 6.05. The van der Waals surface area contributed by atoms with Crippen molar-refractivity contribution in [1.29, 1.82) is 0 Å². The Kier molecular flexibility index (Phi) is 4.95. The molecular formula is C16H22N4S. The van der Waals surface area contributed by atoms with Gasteiger partial charge in [0.05, 0.1) is 17.9 Å². The molecule has 0 radical (unpaired) electrons. The third kappa shape index (κ3) is 3.48. The molecule has 21 heavy (non-hydrogen) atoms. The molecular weight excluding hydrogens is 280 g/mol. The van der Waals surface area contributed by atoms with Crippen LogP contribution in [0.4, 0.5) is 0 Å². The van der Waals surface area contributed by atoms with Crippen LogP contribution in [0, 0.1) is 0 Å². The highest BCUT2D eigenvalue weighted by Gasteiger charge is 2.21. The molecule has 1 aromatic heterocycles. The summed E-state index contributed by atoms with van der Waals surface area (Å²) in [4.78, 5) is 2.51. The SMILES string of the molecule is NCC(c1cnn(-c2ccccc2)c1)N1CCCSCC1. The standard InChI is InChI=1S/C16H22N4S/c17-11-16(19-7-4-9-21-10-8-19)14-12-18-20(13-14)15-5-2-1-3-6-15/h1-3,5-6,12-13,16H,4,7-11,17H2. The van der Waals surface area contributed by atoms with Gasteiger partial charge in [-0.15, -0.1) is 0 Å². The van der Waals surface area contributed by atoms with Gasteiger partial charge in [-0.05, 0) is 30.9 Å². The molecule has 2 aromatic rings. The van der Waals surface area contributed by atoms with E-state index in [9.17, 15) is 0 Å². The quantitative estimate of drug-likeness (QED) is 0.941. The summed E-state index contributed by atoms with van der Waals surface area (Å²) in [6, 6.07) is 10.5. The van der Waals surface area contributed by atoms with E-state index in [0.29, 0.717) is 6.54 Å². The Morgan fingerprint density at radius 1 is 1.19 bits per heavy atom. The molecule has 1 aromatic carbocycles. The molecule has 1 aliphatic heterocycles. The molecule has 1 fully saturated rings. The van der Waals surface area contributed by atoms with Gasteiger partial charge in [-0.3, -0.25) is 4.90 Å². The van der Waals surface area contributed by atoms with E-state index in [-0.39, 0.29) is 6.04 Å². The Hall–Kier alpha value is -1.30. The fourth-order valence-electron chi connectivity index (χ4n) is 2.80. The summed E-state index contributed by atoms with van der Waals surface area (Å²) in [5, 5.41) is 4.50. The zero-order chi connectivity index (χ0) is 14.5. The van der Waals surface area contributed by atoms with Crippen LogP contribution in [0.3, 0.4) is 0 Å². The lowest BCUT2D eigenvalue weighted by Gasteiger charge is -2.28. The first-order chi connectivity index (χ1) is 10.4. The molecule has 0 amide bonds. The van der Waals surface area contributed by atoms with Crippen LogP contribution in [0.15, 0.2) is 42.7 Å². The Labute approximate surface area is 130 Å². The highest BCUT2D eigenvalue weighted by atomic mass is 32.2. The van der Waals surface area contributed by atoms with Gasteiger partial charge in [-0.25, -0.2) is 4.68 Å². The minimum atomic E-state index is 0.279. The second-order valence-corrected chi connectivity index (χ2v) is 6.53. The topological polar surface area (TPSA) is 47.1 Å². The van der Waals surface area contributed by atoms with E-state index < -0.39 is 0 Å². The lowest BCUT2D eigenvalue weighted by Crippen LogP contribution is -2.35. The van der Waals surface area contributed by atoms with Crippen LogP contribution in [0.5, 0.6) is 0 Å². The number of hydrogen-bond acceptors (Lipinski definition) is 4. The van der Waals surface area contributed by atoms with Crippen LogP contribution in [0.2, 0.25) is 0 Å². The van der Waals surface area contributed by atoms with E-state index in [4.69, 9.17) is 5.73 Å². The molecule has 2 N–H and O–H groups in total. The van der Waals surface area contributed by atoms with Gasteiger partial charge in [0.25, 0.3) is 0 Å². The third-order valence-electron chi connectivity index (χ3n) is 3.93. The van der Waals surface area contributed by atoms with Gasteiger partial charge in [0.2, 0.25) is 0 Å². The van der Waals surface area contributed by atoms with E-state index in [2.05, 4.69) is 28.3 Å². The predicted molar refractivity (Wildman–Crippen MR) is 88.9 cm³/mol. The molecule has 4 nitrogen and oxygen atoms in total. The van der Waals surface area contributed by atoms with E-state index in [1.807, 2.05) is 40.8 Å². The minimum Gasteiger partial charge on any atom is -0.329 e. The van der Waals surface area contributed by atoms with Crippen molar-refractivity contribution < 1.29 is 0 Å². The van der Waals surface area contributed by atoms with Gasteiger partial charge in [-0.2, -0.15) is 16.9 Å². The van der Waals surface area contributed by atoms with Gasteiger partial charge < -0.3 is 5.73 Å². The van der Waals surface area contributed by atoms with E-state index in [0.717, 1.165) is 18.8 Å². The highest BCUT2D eigenvalue weighted by Crippen LogP contribution is 2.23. The van der Waals surface area contributed by atoms with Crippen molar-refractivity contribution in [2.45, 2.75) is 12.5 Å². The fraction of sp³-hybridized carbons (Fsp3) is 0.438. The molecule has 1 unspecified atom stereocenters. The Balaban J connectivity index is 1.79. The number of para-hydroxylation sites is 1. The average molecular weight is 302 g/mol. The number of nitrogens with two attached hydrogens (primary N) is 1. The van der Waals surface area contributed by atoms with Crippen molar-refractivity contribution in [3.63, 3.8) is 0 Å². The number of hydrogen-bond donors (Lipinski definition) is 1. The molecule has 3 rings (SSSR count). The van der Waals surface area contributed by atoms with E-state index in [1.165, 1.54) is 23.5 Å². The number of rotatable bonds is 4. The maximum Gasteiger partial charge on any atom is 0.0645 e. The molecule has 1 saturated heterocycles. The molecule has 5 heteroatoms. The number of aromatic nitrogens is 2. The fourth-order valence-corrected chi connectivity index (χ4v) is 3.70. The van der Waals surface area contributed by atoms with E-state index >= 15 is 0 Å². The van der Waals surface area contributed by atoms with Crippen molar-refractivity contribution in [2.75, 3.05) is 31.1 Å². The smallest absolute Gasteiger partial charge is 0.0645 e. The molecule has 1 aliphatic rings. The molecule has 1 atom stereocenters. The Morgan fingerprint density at radius 2 is 2.05 bits per heavy atom. The van der Waals surface area contributed by atoms with Crippen molar-refractivity contribution in [2.24, 2.45) is 5.73 Å². The van der Waals surface area contributed by atoms with Gasteiger partial charge in [0, 0.05) is 30.6 Å². The maximum absolute atomic E-state index is 6.05. The minimum absolute atomic E-state index is 0.279. The normalized spacial score (nSPS) is 18.3. The predicted octanol–water partition coefficient (Wildman–Crippen LogP) is 2.31. The molecule has 0 saturated carbocycles. The lowest BCUT2D eigenvalue weighted by molar-refractivity contribution is 0.218. The van der Waals surface area contributed by atoms with Crippen LogP contribution in [-0.4, -0.2) is 45.8 Å². The van der Waals surface area contributed by atoms with E-state index in [1.54, 1.807) is 0 Å². The molecule has 2 heterocycles. The van der Waals surface area contributed by atoms with Crippen LogP contribution in [0.1, 0.15) is 18.0 Å². The van der Waals surface area contributed by atoms with Gasteiger partial charge in [-0.1, -0.05) is 18.2 Å². The van der Waals surface area contributed by atoms with Crippen LogP contribution < -0.4 is 5.73 Å². The van der Waals surface area contributed by atoms with Gasteiger partial charge >= 0.3 is 0 Å². The second kappa shape index (κ2) is 7.11. The first kappa shape index (κ1) is 14.6. The van der Waals surface area contributed by atoms with Gasteiger partial charge in [0.15, 0.2) is 0 Å². The Morgan fingerprint density at radius 3 is 2.86 bits per heavy atom. The summed E-state index contributed by atoms with van der Waals surface area (Å²) in [6.45, 7) is 2.89.